The molecule has 1 aromatic rings. The van der Waals surface area contributed by atoms with Crippen molar-refractivity contribution in [2.24, 2.45) is 0 Å². The van der Waals surface area contributed by atoms with Crippen molar-refractivity contribution in [1.82, 2.24) is 16.2 Å². The molecule has 0 spiro atoms. The third kappa shape index (κ3) is 7.23. The van der Waals surface area contributed by atoms with Crippen LogP contribution in [0.1, 0.15) is 20.8 Å². The molecule has 7 nitrogen and oxygen atoms in total. The molecule has 0 radical (unpaired) electrons. The molecule has 9 heteroatoms. The Balaban J connectivity index is 2.34. The normalized spacial score (nSPS) is 10.7. The number of hydrazine groups is 1. The first-order valence-electron chi connectivity index (χ1n) is 6.41. The summed E-state index contributed by atoms with van der Waals surface area (Å²) in [5.74, 6) is -0.0791. The summed E-state index contributed by atoms with van der Waals surface area (Å²) in [5, 5.41) is 13.9. The van der Waals surface area contributed by atoms with Crippen molar-refractivity contribution in [3.05, 3.63) is 34.4 Å². The highest BCUT2D eigenvalue weighted by atomic mass is 32.2. The molecule has 0 fully saturated rings. The zero-order valence-electron chi connectivity index (χ0n) is 12.5. The lowest BCUT2D eigenvalue weighted by Gasteiger charge is -2.23. The first-order chi connectivity index (χ1) is 10.2. The second kappa shape index (κ2) is 7.95. The van der Waals surface area contributed by atoms with Crippen LogP contribution in [-0.4, -0.2) is 27.2 Å². The zero-order valence-corrected chi connectivity index (χ0v) is 14.1. The van der Waals surface area contributed by atoms with Gasteiger partial charge >= 0.3 is 0 Å². The van der Waals surface area contributed by atoms with Gasteiger partial charge in [-0.2, -0.15) is 0 Å². The summed E-state index contributed by atoms with van der Waals surface area (Å²) >= 11 is 6.30. The molecule has 0 unspecified atom stereocenters. The van der Waals surface area contributed by atoms with E-state index in [4.69, 9.17) is 12.2 Å². The van der Waals surface area contributed by atoms with Crippen LogP contribution in [0.3, 0.4) is 0 Å². The van der Waals surface area contributed by atoms with Crippen molar-refractivity contribution in [1.29, 1.82) is 0 Å². The monoisotopic (exact) mass is 342 g/mol. The van der Waals surface area contributed by atoms with E-state index in [2.05, 4.69) is 16.2 Å². The maximum atomic E-state index is 11.7. The maximum absolute atomic E-state index is 11.7. The predicted octanol–water partition coefficient (Wildman–Crippen LogP) is 1.98. The van der Waals surface area contributed by atoms with E-state index >= 15 is 0 Å². The van der Waals surface area contributed by atoms with Crippen LogP contribution >= 0.6 is 24.0 Å². The summed E-state index contributed by atoms with van der Waals surface area (Å²) in [6.07, 6.45) is 0. The number of benzene rings is 1. The number of nitrogens with one attached hydrogen (secondary N) is 3. The molecular weight excluding hydrogens is 324 g/mol. The van der Waals surface area contributed by atoms with Gasteiger partial charge < -0.3 is 5.32 Å². The number of nitro groups is 1. The standard InChI is InChI=1S/C13H18N4O3S2/c1-13(2,3)14-12(21)16-15-11(18)8-22-10-6-4-9(5-7-10)17(19)20/h4-7H,8H2,1-3H3,(H,15,18)(H2,14,16,21). The van der Waals surface area contributed by atoms with Crippen LogP contribution in [0.4, 0.5) is 5.69 Å². The minimum Gasteiger partial charge on any atom is -0.357 e. The molecule has 22 heavy (non-hydrogen) atoms. The fourth-order valence-corrected chi connectivity index (χ4v) is 2.40. The van der Waals surface area contributed by atoms with E-state index in [1.54, 1.807) is 12.1 Å². The van der Waals surface area contributed by atoms with Crippen LogP contribution in [0, 0.1) is 10.1 Å². The first kappa shape index (κ1) is 18.2. The Morgan fingerprint density at radius 2 is 1.86 bits per heavy atom. The summed E-state index contributed by atoms with van der Waals surface area (Å²) < 4.78 is 0. The molecule has 0 saturated carbocycles. The van der Waals surface area contributed by atoms with Crippen molar-refractivity contribution >= 4 is 40.7 Å². The highest BCUT2D eigenvalue weighted by Crippen LogP contribution is 2.20. The van der Waals surface area contributed by atoms with Gasteiger partial charge in [0, 0.05) is 22.6 Å². The van der Waals surface area contributed by atoms with E-state index in [-0.39, 0.29) is 22.9 Å². The number of carbonyl (C=O) groups excluding carboxylic acids is 1. The average molecular weight is 342 g/mol. The lowest BCUT2D eigenvalue weighted by Crippen LogP contribution is -2.52. The van der Waals surface area contributed by atoms with Crippen LogP contribution in [0.25, 0.3) is 0 Å². The molecule has 0 saturated heterocycles. The lowest BCUT2D eigenvalue weighted by atomic mass is 10.1. The summed E-state index contributed by atoms with van der Waals surface area (Å²) in [5.41, 5.74) is 4.93. The quantitative estimate of drug-likeness (QED) is 0.333. The number of carbonyl (C=O) groups is 1. The van der Waals surface area contributed by atoms with Gasteiger partial charge in [0.2, 0.25) is 5.91 Å². The highest BCUT2D eigenvalue weighted by molar-refractivity contribution is 8.00. The van der Waals surface area contributed by atoms with Crippen molar-refractivity contribution < 1.29 is 9.72 Å². The van der Waals surface area contributed by atoms with Gasteiger partial charge in [-0.05, 0) is 45.1 Å². The summed E-state index contributed by atoms with van der Waals surface area (Å²) in [6, 6.07) is 6.02. The Morgan fingerprint density at radius 1 is 1.27 bits per heavy atom. The van der Waals surface area contributed by atoms with Gasteiger partial charge in [0.15, 0.2) is 5.11 Å². The number of hydrogen-bond donors (Lipinski definition) is 3. The number of nitrogens with zero attached hydrogens (tertiary/aromatic N) is 1. The molecule has 0 aromatic heterocycles. The molecule has 0 aliphatic rings. The third-order valence-corrected chi connectivity index (χ3v) is 3.44. The van der Waals surface area contributed by atoms with Gasteiger partial charge in [0.25, 0.3) is 5.69 Å². The molecule has 0 heterocycles. The second-order valence-electron chi connectivity index (χ2n) is 5.42. The highest BCUT2D eigenvalue weighted by Gasteiger charge is 2.11. The predicted molar refractivity (Wildman–Crippen MR) is 90.6 cm³/mol. The number of hydrogen-bond acceptors (Lipinski definition) is 5. The molecular formula is C13H18N4O3S2. The lowest BCUT2D eigenvalue weighted by molar-refractivity contribution is -0.384. The smallest absolute Gasteiger partial charge is 0.269 e. The van der Waals surface area contributed by atoms with E-state index in [0.29, 0.717) is 5.11 Å². The molecule has 1 rings (SSSR count). The van der Waals surface area contributed by atoms with Crippen molar-refractivity contribution in [3.63, 3.8) is 0 Å². The number of nitro benzene ring substituents is 1. The van der Waals surface area contributed by atoms with E-state index in [0.717, 1.165) is 4.90 Å². The Morgan fingerprint density at radius 3 is 2.36 bits per heavy atom. The minimum atomic E-state index is -0.464. The third-order valence-electron chi connectivity index (χ3n) is 2.22. The number of non-ortho nitro benzene ring substituents is 1. The summed E-state index contributed by atoms with van der Waals surface area (Å²) in [7, 11) is 0. The van der Waals surface area contributed by atoms with Crippen LogP contribution in [0.2, 0.25) is 0 Å². The van der Waals surface area contributed by atoms with Gasteiger partial charge in [0.05, 0.1) is 10.7 Å². The minimum absolute atomic E-state index is 0.0223. The van der Waals surface area contributed by atoms with Crippen LogP contribution in [0.5, 0.6) is 0 Å². The average Bonchev–Trinajstić information content (AvgIpc) is 2.41. The molecule has 120 valence electrons. The van der Waals surface area contributed by atoms with Crippen molar-refractivity contribution in [3.8, 4) is 0 Å². The summed E-state index contributed by atoms with van der Waals surface area (Å²) in [6.45, 7) is 5.85. The van der Waals surface area contributed by atoms with E-state index in [1.807, 2.05) is 20.8 Å². The van der Waals surface area contributed by atoms with Gasteiger partial charge in [-0.1, -0.05) is 0 Å². The largest absolute Gasteiger partial charge is 0.357 e. The molecule has 0 aliphatic heterocycles. The molecule has 0 aliphatic carbocycles. The molecule has 0 bridgehead atoms. The number of thioether (sulfide) groups is 1. The van der Waals surface area contributed by atoms with Crippen molar-refractivity contribution in [2.75, 3.05) is 5.75 Å². The van der Waals surface area contributed by atoms with Gasteiger partial charge in [-0.15, -0.1) is 11.8 Å². The second-order valence-corrected chi connectivity index (χ2v) is 6.87. The fraction of sp³-hybridized carbons (Fsp3) is 0.385. The number of rotatable bonds is 4. The fourth-order valence-electron chi connectivity index (χ4n) is 1.35. The Labute approximate surface area is 138 Å². The Hall–Kier alpha value is -1.87. The van der Waals surface area contributed by atoms with Crippen LogP contribution in [0.15, 0.2) is 29.2 Å². The van der Waals surface area contributed by atoms with E-state index in [1.165, 1.54) is 23.9 Å². The first-order valence-corrected chi connectivity index (χ1v) is 7.81. The molecule has 3 N–H and O–H groups in total. The topological polar surface area (TPSA) is 96.3 Å². The molecule has 0 atom stereocenters. The number of amides is 1. The zero-order chi connectivity index (χ0) is 16.8. The van der Waals surface area contributed by atoms with Gasteiger partial charge in [0.1, 0.15) is 0 Å². The van der Waals surface area contributed by atoms with Crippen molar-refractivity contribution in [2.45, 2.75) is 31.2 Å². The van der Waals surface area contributed by atoms with E-state index in [9.17, 15) is 14.9 Å². The molecule has 1 amide bonds. The Kier molecular flexibility index (Phi) is 6.57. The van der Waals surface area contributed by atoms with Crippen LogP contribution < -0.4 is 16.2 Å². The SMILES string of the molecule is CC(C)(C)NC(=S)NNC(=O)CSc1ccc([N+](=O)[O-])cc1. The number of thiocarbonyl (C=S) groups is 1. The van der Waals surface area contributed by atoms with Crippen LogP contribution in [-0.2, 0) is 4.79 Å². The van der Waals surface area contributed by atoms with Gasteiger partial charge in [-0.3, -0.25) is 25.8 Å². The summed E-state index contributed by atoms with van der Waals surface area (Å²) in [4.78, 5) is 22.5. The Bertz CT molecular complexity index is 555. The van der Waals surface area contributed by atoms with E-state index < -0.39 is 4.92 Å². The molecule has 1 aromatic carbocycles. The van der Waals surface area contributed by atoms with Gasteiger partial charge in [-0.25, -0.2) is 0 Å². The maximum Gasteiger partial charge on any atom is 0.269 e.